The van der Waals surface area contributed by atoms with Crippen molar-refractivity contribution in [2.75, 3.05) is 13.2 Å². The SMILES string of the molecule is C=C(C)C(=O)N(CC)OCC. The average molecular weight is 157 g/mol. The molecule has 0 aliphatic carbocycles. The molecular formula is C8H15NO2. The first-order chi connectivity index (χ1) is 5.13. The highest BCUT2D eigenvalue weighted by Gasteiger charge is 2.11. The zero-order valence-electron chi connectivity index (χ0n) is 7.39. The third-order valence-electron chi connectivity index (χ3n) is 1.16. The maximum Gasteiger partial charge on any atom is 0.272 e. The number of hydrogen-bond donors (Lipinski definition) is 0. The van der Waals surface area contributed by atoms with Gasteiger partial charge in [0.2, 0.25) is 0 Å². The van der Waals surface area contributed by atoms with Crippen LogP contribution >= 0.6 is 0 Å². The summed E-state index contributed by atoms with van der Waals surface area (Å²) in [6.07, 6.45) is 0. The molecule has 0 aliphatic heterocycles. The summed E-state index contributed by atoms with van der Waals surface area (Å²) in [7, 11) is 0. The lowest BCUT2D eigenvalue weighted by Crippen LogP contribution is -2.31. The van der Waals surface area contributed by atoms with Crippen LogP contribution in [0.1, 0.15) is 20.8 Å². The summed E-state index contributed by atoms with van der Waals surface area (Å²) in [5.74, 6) is -0.144. The molecule has 3 nitrogen and oxygen atoms in total. The van der Waals surface area contributed by atoms with E-state index in [0.717, 1.165) is 0 Å². The monoisotopic (exact) mass is 157 g/mol. The van der Waals surface area contributed by atoms with Crippen LogP contribution in [0.4, 0.5) is 0 Å². The van der Waals surface area contributed by atoms with Crippen molar-refractivity contribution in [3.63, 3.8) is 0 Å². The van der Waals surface area contributed by atoms with Gasteiger partial charge in [-0.25, -0.2) is 5.06 Å². The Balaban J connectivity index is 4.02. The first-order valence-electron chi connectivity index (χ1n) is 3.73. The Morgan fingerprint density at radius 2 is 2.09 bits per heavy atom. The molecule has 0 radical (unpaired) electrons. The molecule has 0 fully saturated rings. The number of likely N-dealkylation sites (N-methyl/N-ethyl adjacent to an activating group) is 1. The van der Waals surface area contributed by atoms with Gasteiger partial charge in [0.25, 0.3) is 5.91 Å². The van der Waals surface area contributed by atoms with E-state index in [0.29, 0.717) is 18.7 Å². The third-order valence-corrected chi connectivity index (χ3v) is 1.16. The minimum absolute atomic E-state index is 0.144. The van der Waals surface area contributed by atoms with Crippen LogP contribution in [0, 0.1) is 0 Å². The van der Waals surface area contributed by atoms with Gasteiger partial charge in [0, 0.05) is 12.1 Å². The average Bonchev–Trinajstić information content (AvgIpc) is 1.98. The maximum absolute atomic E-state index is 11.2. The quantitative estimate of drug-likeness (QED) is 0.455. The van der Waals surface area contributed by atoms with Crippen LogP contribution in [0.2, 0.25) is 0 Å². The number of carbonyl (C=O) groups excluding carboxylic acids is 1. The lowest BCUT2D eigenvalue weighted by Gasteiger charge is -2.18. The van der Waals surface area contributed by atoms with Crippen LogP contribution in [0.25, 0.3) is 0 Å². The Hall–Kier alpha value is -0.830. The third kappa shape index (κ3) is 3.18. The Morgan fingerprint density at radius 3 is 2.36 bits per heavy atom. The van der Waals surface area contributed by atoms with Crippen molar-refractivity contribution in [3.05, 3.63) is 12.2 Å². The van der Waals surface area contributed by atoms with Crippen molar-refractivity contribution < 1.29 is 9.63 Å². The standard InChI is InChI=1S/C8H15NO2/c1-5-9(11-6-2)8(10)7(3)4/h3,5-6H2,1-2,4H3. The summed E-state index contributed by atoms with van der Waals surface area (Å²) in [6.45, 7) is 9.97. The first-order valence-corrected chi connectivity index (χ1v) is 3.73. The van der Waals surface area contributed by atoms with Crippen molar-refractivity contribution in [2.24, 2.45) is 0 Å². The molecule has 0 spiro atoms. The molecule has 11 heavy (non-hydrogen) atoms. The molecule has 0 saturated carbocycles. The van der Waals surface area contributed by atoms with Gasteiger partial charge >= 0.3 is 0 Å². The van der Waals surface area contributed by atoms with E-state index in [1.54, 1.807) is 6.92 Å². The van der Waals surface area contributed by atoms with E-state index in [-0.39, 0.29) is 5.91 Å². The second kappa shape index (κ2) is 4.91. The molecule has 0 heterocycles. The van der Waals surface area contributed by atoms with Crippen molar-refractivity contribution >= 4 is 5.91 Å². The Bertz CT molecular complexity index is 154. The summed E-state index contributed by atoms with van der Waals surface area (Å²) in [4.78, 5) is 16.2. The minimum Gasteiger partial charge on any atom is -0.271 e. The predicted octanol–water partition coefficient (Wildman–Crippen LogP) is 1.36. The van der Waals surface area contributed by atoms with E-state index in [9.17, 15) is 4.79 Å². The van der Waals surface area contributed by atoms with Gasteiger partial charge in [-0.05, 0) is 20.8 Å². The molecule has 1 amide bonds. The van der Waals surface area contributed by atoms with E-state index in [2.05, 4.69) is 6.58 Å². The fraction of sp³-hybridized carbons (Fsp3) is 0.625. The second-order valence-electron chi connectivity index (χ2n) is 2.20. The molecule has 3 heteroatoms. The summed E-state index contributed by atoms with van der Waals surface area (Å²) >= 11 is 0. The summed E-state index contributed by atoms with van der Waals surface area (Å²) in [6, 6.07) is 0. The van der Waals surface area contributed by atoms with Gasteiger partial charge in [0.05, 0.1) is 6.61 Å². The molecule has 0 aromatic rings. The normalized spacial score (nSPS) is 9.36. The zero-order valence-corrected chi connectivity index (χ0v) is 7.39. The van der Waals surface area contributed by atoms with E-state index < -0.39 is 0 Å². The van der Waals surface area contributed by atoms with Crippen LogP contribution in [0.15, 0.2) is 12.2 Å². The molecule has 0 aromatic heterocycles. The highest BCUT2D eigenvalue weighted by atomic mass is 16.7. The Labute approximate surface area is 67.6 Å². The lowest BCUT2D eigenvalue weighted by molar-refractivity contribution is -0.178. The number of amides is 1. The molecule has 0 saturated heterocycles. The lowest BCUT2D eigenvalue weighted by atomic mass is 10.3. The van der Waals surface area contributed by atoms with Crippen molar-refractivity contribution in [3.8, 4) is 0 Å². The predicted molar refractivity (Wildman–Crippen MR) is 43.8 cm³/mol. The van der Waals surface area contributed by atoms with E-state index >= 15 is 0 Å². The first kappa shape index (κ1) is 10.2. The van der Waals surface area contributed by atoms with Crippen LogP contribution in [0.5, 0.6) is 0 Å². The second-order valence-corrected chi connectivity index (χ2v) is 2.20. The zero-order chi connectivity index (χ0) is 8.85. The van der Waals surface area contributed by atoms with E-state index in [4.69, 9.17) is 4.84 Å². The number of nitrogens with zero attached hydrogens (tertiary/aromatic N) is 1. The molecule has 64 valence electrons. The number of hydroxylamine groups is 2. The molecule has 0 unspecified atom stereocenters. The van der Waals surface area contributed by atoms with E-state index in [1.807, 2.05) is 13.8 Å². The molecule has 0 atom stereocenters. The fourth-order valence-electron chi connectivity index (χ4n) is 0.662. The smallest absolute Gasteiger partial charge is 0.271 e. The van der Waals surface area contributed by atoms with Gasteiger partial charge in [0.1, 0.15) is 0 Å². The van der Waals surface area contributed by atoms with Gasteiger partial charge < -0.3 is 0 Å². The molecule has 0 aliphatic rings. The maximum atomic E-state index is 11.2. The van der Waals surface area contributed by atoms with E-state index in [1.165, 1.54) is 5.06 Å². The molecule has 0 N–H and O–H groups in total. The van der Waals surface area contributed by atoms with Gasteiger partial charge in [-0.1, -0.05) is 6.58 Å². The van der Waals surface area contributed by atoms with Crippen molar-refractivity contribution in [1.82, 2.24) is 5.06 Å². The van der Waals surface area contributed by atoms with Crippen LogP contribution in [-0.2, 0) is 9.63 Å². The Kier molecular flexibility index (Phi) is 4.54. The summed E-state index contributed by atoms with van der Waals surface area (Å²) < 4.78 is 0. The molecule has 0 rings (SSSR count). The highest BCUT2D eigenvalue weighted by molar-refractivity contribution is 5.91. The summed E-state index contributed by atoms with van der Waals surface area (Å²) in [5, 5.41) is 1.31. The fourth-order valence-corrected chi connectivity index (χ4v) is 0.662. The molecular weight excluding hydrogens is 142 g/mol. The van der Waals surface area contributed by atoms with Crippen molar-refractivity contribution in [1.29, 1.82) is 0 Å². The molecule has 0 aromatic carbocycles. The van der Waals surface area contributed by atoms with Crippen molar-refractivity contribution in [2.45, 2.75) is 20.8 Å². The Morgan fingerprint density at radius 1 is 1.55 bits per heavy atom. The minimum atomic E-state index is -0.144. The number of hydrogen-bond acceptors (Lipinski definition) is 2. The topological polar surface area (TPSA) is 29.5 Å². The number of rotatable bonds is 4. The summed E-state index contributed by atoms with van der Waals surface area (Å²) in [5.41, 5.74) is 0.500. The van der Waals surface area contributed by atoms with Gasteiger partial charge in [0.15, 0.2) is 0 Å². The van der Waals surface area contributed by atoms with Gasteiger partial charge in [-0.2, -0.15) is 0 Å². The van der Waals surface area contributed by atoms with Crippen LogP contribution in [-0.4, -0.2) is 24.1 Å². The number of carbonyl (C=O) groups is 1. The van der Waals surface area contributed by atoms with Gasteiger partial charge in [-0.3, -0.25) is 9.63 Å². The largest absolute Gasteiger partial charge is 0.272 e. The van der Waals surface area contributed by atoms with Crippen LogP contribution < -0.4 is 0 Å². The van der Waals surface area contributed by atoms with Crippen LogP contribution in [0.3, 0.4) is 0 Å². The molecule has 0 bridgehead atoms. The highest BCUT2D eigenvalue weighted by Crippen LogP contribution is 1.98. The van der Waals surface area contributed by atoms with Gasteiger partial charge in [-0.15, -0.1) is 0 Å².